The van der Waals surface area contributed by atoms with Gasteiger partial charge in [-0.25, -0.2) is 0 Å². The van der Waals surface area contributed by atoms with E-state index in [1.54, 1.807) is 0 Å². The predicted octanol–water partition coefficient (Wildman–Crippen LogP) is 2.16. The first-order chi connectivity index (χ1) is 8.86. The van der Waals surface area contributed by atoms with Gasteiger partial charge in [-0.15, -0.1) is 0 Å². The minimum absolute atomic E-state index is 0.455. The van der Waals surface area contributed by atoms with Crippen LogP contribution in [0.4, 0.5) is 5.69 Å². The highest BCUT2D eigenvalue weighted by Gasteiger charge is 2.34. The standard InChI is InChI=1S/C15H22N2O/c1-2-16-9-12-5-3-4-6-15(12)17-10-13-7-8-14(11-17)18-13/h3-6,13-14,16H,2,7-11H2,1H3. The minimum atomic E-state index is 0.455. The van der Waals surface area contributed by atoms with E-state index in [2.05, 4.69) is 41.4 Å². The van der Waals surface area contributed by atoms with Gasteiger partial charge in [0.15, 0.2) is 0 Å². The Morgan fingerprint density at radius 3 is 2.67 bits per heavy atom. The number of anilines is 1. The lowest BCUT2D eigenvalue weighted by atomic mass is 10.1. The van der Waals surface area contributed by atoms with Crippen LogP contribution in [0.25, 0.3) is 0 Å². The van der Waals surface area contributed by atoms with Crippen molar-refractivity contribution in [2.75, 3.05) is 24.5 Å². The topological polar surface area (TPSA) is 24.5 Å². The van der Waals surface area contributed by atoms with Crippen LogP contribution in [0.3, 0.4) is 0 Å². The quantitative estimate of drug-likeness (QED) is 0.881. The van der Waals surface area contributed by atoms with E-state index in [4.69, 9.17) is 4.74 Å². The molecule has 2 unspecified atom stereocenters. The van der Waals surface area contributed by atoms with Crippen LogP contribution in [-0.2, 0) is 11.3 Å². The number of para-hydroxylation sites is 1. The molecule has 2 aliphatic heterocycles. The fourth-order valence-corrected chi connectivity index (χ4v) is 3.04. The molecule has 18 heavy (non-hydrogen) atoms. The molecular weight excluding hydrogens is 224 g/mol. The van der Waals surface area contributed by atoms with Crippen molar-refractivity contribution in [3.05, 3.63) is 29.8 Å². The summed E-state index contributed by atoms with van der Waals surface area (Å²) < 4.78 is 5.91. The van der Waals surface area contributed by atoms with Crippen molar-refractivity contribution >= 4 is 5.69 Å². The number of nitrogens with zero attached hydrogens (tertiary/aromatic N) is 1. The van der Waals surface area contributed by atoms with Crippen LogP contribution in [0, 0.1) is 0 Å². The fraction of sp³-hybridized carbons (Fsp3) is 0.600. The highest BCUT2D eigenvalue weighted by Crippen LogP contribution is 2.31. The molecule has 2 atom stereocenters. The van der Waals surface area contributed by atoms with Gasteiger partial charge < -0.3 is 15.0 Å². The van der Waals surface area contributed by atoms with Gasteiger partial charge in [-0.2, -0.15) is 0 Å². The summed E-state index contributed by atoms with van der Waals surface area (Å²) in [7, 11) is 0. The number of nitrogens with one attached hydrogen (secondary N) is 1. The Labute approximate surface area is 109 Å². The molecule has 2 aliphatic rings. The molecule has 3 heteroatoms. The number of rotatable bonds is 4. The maximum Gasteiger partial charge on any atom is 0.0755 e. The molecule has 1 aromatic carbocycles. The molecule has 3 rings (SSSR count). The molecule has 0 amide bonds. The van der Waals surface area contributed by atoms with Gasteiger partial charge >= 0.3 is 0 Å². The molecule has 1 aromatic rings. The average Bonchev–Trinajstić information content (AvgIpc) is 2.75. The smallest absolute Gasteiger partial charge is 0.0755 e. The predicted molar refractivity (Wildman–Crippen MR) is 73.9 cm³/mol. The van der Waals surface area contributed by atoms with Crippen molar-refractivity contribution < 1.29 is 4.74 Å². The van der Waals surface area contributed by atoms with Crippen LogP contribution in [0.2, 0.25) is 0 Å². The number of morpholine rings is 1. The fourth-order valence-electron chi connectivity index (χ4n) is 3.04. The van der Waals surface area contributed by atoms with E-state index in [0.29, 0.717) is 12.2 Å². The molecule has 2 bridgehead atoms. The van der Waals surface area contributed by atoms with Crippen molar-refractivity contribution in [3.8, 4) is 0 Å². The summed E-state index contributed by atoms with van der Waals surface area (Å²) in [5.74, 6) is 0. The van der Waals surface area contributed by atoms with Crippen LogP contribution in [0.1, 0.15) is 25.3 Å². The monoisotopic (exact) mass is 246 g/mol. The summed E-state index contributed by atoms with van der Waals surface area (Å²) >= 11 is 0. The van der Waals surface area contributed by atoms with E-state index < -0.39 is 0 Å². The van der Waals surface area contributed by atoms with E-state index in [9.17, 15) is 0 Å². The summed E-state index contributed by atoms with van der Waals surface area (Å²) in [6.45, 7) is 6.24. The van der Waals surface area contributed by atoms with Gasteiger partial charge in [-0.3, -0.25) is 0 Å². The molecular formula is C15H22N2O. The van der Waals surface area contributed by atoms with Crippen LogP contribution in [0.15, 0.2) is 24.3 Å². The van der Waals surface area contributed by atoms with E-state index in [0.717, 1.165) is 26.2 Å². The van der Waals surface area contributed by atoms with Gasteiger partial charge in [0, 0.05) is 25.3 Å². The molecule has 98 valence electrons. The second-order valence-electron chi connectivity index (χ2n) is 5.27. The number of hydrogen-bond acceptors (Lipinski definition) is 3. The molecule has 2 saturated heterocycles. The van der Waals surface area contributed by atoms with Crippen LogP contribution in [0.5, 0.6) is 0 Å². The van der Waals surface area contributed by atoms with Crippen molar-refractivity contribution in [1.82, 2.24) is 5.32 Å². The Balaban J connectivity index is 1.78. The second-order valence-corrected chi connectivity index (χ2v) is 5.27. The van der Waals surface area contributed by atoms with Crippen LogP contribution in [-0.4, -0.2) is 31.8 Å². The van der Waals surface area contributed by atoms with E-state index in [-0.39, 0.29) is 0 Å². The summed E-state index contributed by atoms with van der Waals surface area (Å²) in [5, 5.41) is 3.42. The third-order valence-electron chi connectivity index (χ3n) is 3.94. The molecule has 0 spiro atoms. The molecule has 0 radical (unpaired) electrons. The SMILES string of the molecule is CCNCc1ccccc1N1CC2CCC(C1)O2. The first kappa shape index (κ1) is 12.0. The van der Waals surface area contributed by atoms with Crippen molar-refractivity contribution in [3.63, 3.8) is 0 Å². The second kappa shape index (κ2) is 5.29. The summed E-state index contributed by atoms with van der Waals surface area (Å²) in [4.78, 5) is 2.51. The molecule has 0 aliphatic carbocycles. The first-order valence-corrected chi connectivity index (χ1v) is 7.06. The van der Waals surface area contributed by atoms with Gasteiger partial charge in [0.25, 0.3) is 0 Å². The van der Waals surface area contributed by atoms with E-state index >= 15 is 0 Å². The Morgan fingerprint density at radius 1 is 1.22 bits per heavy atom. The van der Waals surface area contributed by atoms with Crippen LogP contribution >= 0.6 is 0 Å². The first-order valence-electron chi connectivity index (χ1n) is 7.06. The lowest BCUT2D eigenvalue weighted by molar-refractivity contribution is 0.0304. The Hall–Kier alpha value is -1.06. The zero-order valence-corrected chi connectivity index (χ0v) is 11.1. The molecule has 2 fully saturated rings. The molecule has 0 saturated carbocycles. The van der Waals surface area contributed by atoms with Crippen molar-refractivity contribution in [1.29, 1.82) is 0 Å². The largest absolute Gasteiger partial charge is 0.371 e. The summed E-state index contributed by atoms with van der Waals surface area (Å²) in [6.07, 6.45) is 3.37. The Bertz CT molecular complexity index is 395. The van der Waals surface area contributed by atoms with Crippen molar-refractivity contribution in [2.24, 2.45) is 0 Å². The zero-order chi connectivity index (χ0) is 12.4. The number of hydrogen-bond donors (Lipinski definition) is 1. The maximum absolute atomic E-state index is 5.91. The number of ether oxygens (including phenoxy) is 1. The summed E-state index contributed by atoms with van der Waals surface area (Å²) in [6, 6.07) is 8.75. The lowest BCUT2D eigenvalue weighted by Gasteiger charge is -2.35. The van der Waals surface area contributed by atoms with Gasteiger partial charge in [0.05, 0.1) is 12.2 Å². The van der Waals surface area contributed by atoms with E-state index in [1.165, 1.54) is 24.1 Å². The third-order valence-corrected chi connectivity index (χ3v) is 3.94. The van der Waals surface area contributed by atoms with Gasteiger partial charge in [0.1, 0.15) is 0 Å². The van der Waals surface area contributed by atoms with Crippen molar-refractivity contribution in [2.45, 2.75) is 38.5 Å². The maximum atomic E-state index is 5.91. The number of fused-ring (bicyclic) bond motifs is 2. The van der Waals surface area contributed by atoms with E-state index in [1.807, 2.05) is 0 Å². The lowest BCUT2D eigenvalue weighted by Crippen LogP contribution is -2.43. The molecule has 2 heterocycles. The molecule has 3 nitrogen and oxygen atoms in total. The Morgan fingerprint density at radius 2 is 1.94 bits per heavy atom. The van der Waals surface area contributed by atoms with Gasteiger partial charge in [0.2, 0.25) is 0 Å². The van der Waals surface area contributed by atoms with Gasteiger partial charge in [-0.1, -0.05) is 25.1 Å². The summed E-state index contributed by atoms with van der Waals surface area (Å²) in [5.41, 5.74) is 2.79. The average molecular weight is 246 g/mol. The molecule has 1 N–H and O–H groups in total. The van der Waals surface area contributed by atoms with Gasteiger partial charge in [-0.05, 0) is 31.0 Å². The third kappa shape index (κ3) is 2.38. The normalized spacial score (nSPS) is 26.6. The highest BCUT2D eigenvalue weighted by atomic mass is 16.5. The Kier molecular flexibility index (Phi) is 3.52. The minimum Gasteiger partial charge on any atom is -0.371 e. The number of benzene rings is 1. The highest BCUT2D eigenvalue weighted by molar-refractivity contribution is 5.54. The zero-order valence-electron chi connectivity index (χ0n) is 11.1. The van der Waals surface area contributed by atoms with Crippen LogP contribution < -0.4 is 10.2 Å². The molecule has 0 aromatic heterocycles.